The number of sulfonamides is 1. The van der Waals surface area contributed by atoms with E-state index < -0.39 is 10.0 Å². The molecule has 1 fully saturated rings. The summed E-state index contributed by atoms with van der Waals surface area (Å²) in [6.45, 7) is 4.50. The quantitative estimate of drug-likeness (QED) is 0.892. The Morgan fingerprint density at radius 3 is 2.86 bits per heavy atom. The predicted molar refractivity (Wildman–Crippen MR) is 79.1 cm³/mol. The van der Waals surface area contributed by atoms with Crippen LogP contribution in [0.2, 0.25) is 0 Å². The van der Waals surface area contributed by atoms with Gasteiger partial charge in [0.15, 0.2) is 0 Å². The van der Waals surface area contributed by atoms with E-state index in [1.165, 1.54) is 18.4 Å². The maximum atomic E-state index is 11.3. The lowest BCUT2D eigenvalue weighted by Gasteiger charge is -2.16. The van der Waals surface area contributed by atoms with Crippen LogP contribution in [0.3, 0.4) is 0 Å². The van der Waals surface area contributed by atoms with Crippen LogP contribution in [0.5, 0.6) is 0 Å². The fourth-order valence-electron chi connectivity index (χ4n) is 3.57. The molecule has 7 heteroatoms. The highest BCUT2D eigenvalue weighted by Crippen LogP contribution is 2.29. The number of hydrogen-bond donors (Lipinski definition) is 1. The van der Waals surface area contributed by atoms with Crippen LogP contribution in [-0.2, 0) is 29.4 Å². The monoisotopic (exact) mass is 313 g/mol. The van der Waals surface area contributed by atoms with E-state index in [4.69, 9.17) is 9.66 Å². The van der Waals surface area contributed by atoms with Crippen LogP contribution in [0.25, 0.3) is 0 Å². The molecular formula is C14H23N3O3S. The van der Waals surface area contributed by atoms with E-state index in [1.54, 1.807) is 0 Å². The highest BCUT2D eigenvalue weighted by molar-refractivity contribution is 7.89. The van der Waals surface area contributed by atoms with E-state index in [1.807, 2.05) is 0 Å². The Morgan fingerprint density at radius 1 is 1.33 bits per heavy atom. The molecule has 2 aliphatic rings. The lowest BCUT2D eigenvalue weighted by Crippen LogP contribution is -2.27. The molecule has 1 aromatic rings. The molecule has 0 bridgehead atoms. The van der Waals surface area contributed by atoms with Gasteiger partial charge in [-0.05, 0) is 31.1 Å². The predicted octanol–water partition coefficient (Wildman–Crippen LogP) is 0.910. The van der Waals surface area contributed by atoms with Gasteiger partial charge in [-0.3, -0.25) is 4.90 Å². The van der Waals surface area contributed by atoms with Gasteiger partial charge in [0, 0.05) is 31.6 Å². The minimum absolute atomic E-state index is 0.0710. The standard InChI is InChI=1S/C14H23N3O3S/c1-10-6-17(7-11(10)9-21(15,18)19)8-13-12-4-2-3-5-14(12)20-16-13/h10-11H,2-9H2,1H3,(H2,15,18,19)/t10-,11+/m1/s1. The summed E-state index contributed by atoms with van der Waals surface area (Å²) >= 11 is 0. The number of nitrogens with two attached hydrogens (primary N) is 1. The Morgan fingerprint density at radius 2 is 2.10 bits per heavy atom. The molecule has 6 nitrogen and oxygen atoms in total. The number of likely N-dealkylation sites (tertiary alicyclic amines) is 1. The van der Waals surface area contributed by atoms with Crippen molar-refractivity contribution in [1.29, 1.82) is 0 Å². The summed E-state index contributed by atoms with van der Waals surface area (Å²) in [7, 11) is -3.40. The van der Waals surface area contributed by atoms with E-state index in [9.17, 15) is 8.42 Å². The Hall–Kier alpha value is -0.920. The van der Waals surface area contributed by atoms with Crippen molar-refractivity contribution in [2.45, 2.75) is 39.2 Å². The van der Waals surface area contributed by atoms with Crippen LogP contribution in [-0.4, -0.2) is 37.3 Å². The van der Waals surface area contributed by atoms with E-state index in [0.717, 1.165) is 43.9 Å². The molecule has 3 rings (SSSR count). The molecule has 1 saturated heterocycles. The SMILES string of the molecule is C[C@@H]1CN(Cc2noc3c2CCCC3)C[C@H]1CS(N)(=O)=O. The zero-order valence-electron chi connectivity index (χ0n) is 12.4. The second-order valence-electron chi connectivity index (χ2n) is 6.50. The van der Waals surface area contributed by atoms with Gasteiger partial charge in [-0.2, -0.15) is 0 Å². The Balaban J connectivity index is 1.65. The maximum Gasteiger partial charge on any atom is 0.209 e. The molecule has 2 heterocycles. The molecule has 1 aromatic heterocycles. The number of aryl methyl sites for hydroxylation is 1. The Bertz CT molecular complexity index is 611. The van der Waals surface area contributed by atoms with Crippen molar-refractivity contribution in [3.63, 3.8) is 0 Å². The van der Waals surface area contributed by atoms with E-state index in [0.29, 0.717) is 5.92 Å². The summed E-state index contributed by atoms with van der Waals surface area (Å²) in [5, 5.41) is 9.40. The third kappa shape index (κ3) is 3.46. The highest BCUT2D eigenvalue weighted by atomic mass is 32.2. The van der Waals surface area contributed by atoms with Crippen LogP contribution in [0.1, 0.15) is 36.8 Å². The molecule has 0 unspecified atom stereocenters. The van der Waals surface area contributed by atoms with E-state index >= 15 is 0 Å². The van der Waals surface area contributed by atoms with Gasteiger partial charge in [-0.1, -0.05) is 12.1 Å². The third-order valence-electron chi connectivity index (χ3n) is 4.69. The minimum atomic E-state index is -3.40. The lowest BCUT2D eigenvalue weighted by molar-refractivity contribution is 0.298. The molecule has 0 saturated carbocycles. The van der Waals surface area contributed by atoms with Gasteiger partial charge in [0.25, 0.3) is 0 Å². The largest absolute Gasteiger partial charge is 0.361 e. The summed E-state index contributed by atoms with van der Waals surface area (Å²) in [5.41, 5.74) is 2.32. The molecule has 2 atom stereocenters. The van der Waals surface area contributed by atoms with Gasteiger partial charge in [0.2, 0.25) is 10.0 Å². The number of hydrogen-bond acceptors (Lipinski definition) is 5. The fourth-order valence-corrected chi connectivity index (χ4v) is 4.60. The first kappa shape index (κ1) is 15.0. The minimum Gasteiger partial charge on any atom is -0.361 e. The normalized spacial score (nSPS) is 27.0. The van der Waals surface area contributed by atoms with Crippen LogP contribution >= 0.6 is 0 Å². The van der Waals surface area contributed by atoms with Gasteiger partial charge in [-0.25, -0.2) is 13.6 Å². The summed E-state index contributed by atoms with van der Waals surface area (Å²) < 4.78 is 28.0. The van der Waals surface area contributed by atoms with Gasteiger partial charge in [0.05, 0.1) is 5.75 Å². The molecule has 0 amide bonds. The van der Waals surface area contributed by atoms with E-state index in [-0.39, 0.29) is 11.7 Å². The zero-order chi connectivity index (χ0) is 15.0. The summed E-state index contributed by atoms with van der Waals surface area (Å²) in [6.07, 6.45) is 4.43. The van der Waals surface area contributed by atoms with Crippen molar-refractivity contribution >= 4 is 10.0 Å². The first-order chi connectivity index (χ1) is 9.92. The van der Waals surface area contributed by atoms with E-state index in [2.05, 4.69) is 17.0 Å². The van der Waals surface area contributed by atoms with Crippen LogP contribution < -0.4 is 5.14 Å². The molecule has 1 aliphatic carbocycles. The molecule has 1 aliphatic heterocycles. The van der Waals surface area contributed by atoms with Crippen LogP contribution in [0.15, 0.2) is 4.52 Å². The third-order valence-corrected chi connectivity index (χ3v) is 5.59. The van der Waals surface area contributed by atoms with Gasteiger partial charge < -0.3 is 4.52 Å². The van der Waals surface area contributed by atoms with Gasteiger partial charge in [-0.15, -0.1) is 0 Å². The number of aromatic nitrogens is 1. The average Bonchev–Trinajstić information content (AvgIpc) is 2.94. The molecular weight excluding hydrogens is 290 g/mol. The average molecular weight is 313 g/mol. The number of rotatable bonds is 4. The van der Waals surface area contributed by atoms with Crippen LogP contribution in [0.4, 0.5) is 0 Å². The molecule has 0 radical (unpaired) electrons. The zero-order valence-corrected chi connectivity index (χ0v) is 13.2. The second kappa shape index (κ2) is 5.70. The van der Waals surface area contributed by atoms with Gasteiger partial charge in [0.1, 0.15) is 11.5 Å². The lowest BCUT2D eigenvalue weighted by atomic mass is 9.96. The van der Waals surface area contributed by atoms with Crippen molar-refractivity contribution in [3.05, 3.63) is 17.0 Å². The maximum absolute atomic E-state index is 11.3. The van der Waals surface area contributed by atoms with Crippen molar-refractivity contribution in [1.82, 2.24) is 10.1 Å². The first-order valence-corrected chi connectivity index (χ1v) is 9.33. The summed E-state index contributed by atoms with van der Waals surface area (Å²) in [5.74, 6) is 1.57. The fraction of sp³-hybridized carbons (Fsp3) is 0.786. The highest BCUT2D eigenvalue weighted by Gasteiger charge is 2.33. The Kier molecular flexibility index (Phi) is 4.07. The number of fused-ring (bicyclic) bond motifs is 1. The van der Waals surface area contributed by atoms with Crippen molar-refractivity contribution in [3.8, 4) is 0 Å². The number of primary sulfonamides is 1. The summed E-state index contributed by atoms with van der Waals surface area (Å²) in [4.78, 5) is 2.27. The molecule has 2 N–H and O–H groups in total. The number of nitrogens with zero attached hydrogens (tertiary/aromatic N) is 2. The van der Waals surface area contributed by atoms with Gasteiger partial charge >= 0.3 is 0 Å². The molecule has 21 heavy (non-hydrogen) atoms. The molecule has 0 spiro atoms. The Labute approximate surface area is 125 Å². The van der Waals surface area contributed by atoms with Crippen molar-refractivity contribution in [2.75, 3.05) is 18.8 Å². The van der Waals surface area contributed by atoms with Crippen LogP contribution in [0, 0.1) is 11.8 Å². The van der Waals surface area contributed by atoms with Crippen molar-refractivity contribution in [2.24, 2.45) is 17.0 Å². The second-order valence-corrected chi connectivity index (χ2v) is 8.16. The summed E-state index contributed by atoms with van der Waals surface area (Å²) in [6, 6.07) is 0. The molecule has 0 aromatic carbocycles. The smallest absolute Gasteiger partial charge is 0.209 e. The topological polar surface area (TPSA) is 89.4 Å². The van der Waals surface area contributed by atoms with Crippen molar-refractivity contribution < 1.29 is 12.9 Å². The first-order valence-electron chi connectivity index (χ1n) is 7.61. The molecule has 118 valence electrons.